The van der Waals surface area contributed by atoms with E-state index in [1.807, 2.05) is 34.0 Å². The van der Waals surface area contributed by atoms with Crippen LogP contribution in [0.5, 0.6) is 0 Å². The summed E-state index contributed by atoms with van der Waals surface area (Å²) < 4.78 is 9.06. The fourth-order valence-electron chi connectivity index (χ4n) is 2.31. The molecule has 24 heavy (non-hydrogen) atoms. The molecule has 0 amide bonds. The summed E-state index contributed by atoms with van der Waals surface area (Å²) in [6.07, 6.45) is 2.98. The first-order chi connectivity index (χ1) is 11.2. The summed E-state index contributed by atoms with van der Waals surface area (Å²) in [4.78, 5) is 12.5. The van der Waals surface area contributed by atoms with Gasteiger partial charge in [-0.15, -0.1) is 0 Å². The normalized spacial score (nSPS) is 11.9. The smallest absolute Gasteiger partial charge is 0.435 e. The largest absolute Gasteiger partial charge is 0.442 e. The lowest BCUT2D eigenvalue weighted by molar-refractivity contribution is 0.0523. The topological polar surface area (TPSA) is 61.9 Å². The van der Waals surface area contributed by atoms with Crippen LogP contribution in [-0.2, 0) is 11.8 Å². The number of aryl methyl sites for hydroxylation is 1. The molecule has 0 saturated carbocycles. The van der Waals surface area contributed by atoms with Gasteiger partial charge in [-0.1, -0.05) is 11.6 Å². The molecule has 0 spiro atoms. The van der Waals surface area contributed by atoms with Crippen molar-refractivity contribution in [2.24, 2.45) is 7.05 Å². The van der Waals surface area contributed by atoms with E-state index in [1.165, 1.54) is 4.68 Å². The van der Waals surface area contributed by atoms with Gasteiger partial charge in [0, 0.05) is 28.7 Å². The van der Waals surface area contributed by atoms with Crippen LogP contribution in [0.3, 0.4) is 0 Å². The molecule has 0 saturated heterocycles. The Morgan fingerprint density at radius 2 is 2.04 bits per heavy atom. The summed E-state index contributed by atoms with van der Waals surface area (Å²) in [6, 6.07) is 3.53. The lowest BCUT2D eigenvalue weighted by atomic mass is 10.1. The second-order valence-corrected chi connectivity index (χ2v) is 7.69. The van der Waals surface area contributed by atoms with E-state index in [0.717, 1.165) is 10.9 Å². The number of carbonyl (C=O) groups is 1. The standard InChI is InChI=1S/C16H16BrClN4O2/c1-16(2,3)24-15(23)22-13-6-11(17)12(18)5-10(13)14(20-22)9-7-19-21(4)8-9/h5-8H,1-4H3. The van der Waals surface area contributed by atoms with Crippen LogP contribution in [0.4, 0.5) is 4.79 Å². The van der Waals surface area contributed by atoms with E-state index in [1.54, 1.807) is 23.0 Å². The van der Waals surface area contributed by atoms with Crippen LogP contribution in [0.2, 0.25) is 5.02 Å². The minimum absolute atomic E-state index is 0.538. The number of hydrogen-bond acceptors (Lipinski definition) is 4. The molecule has 8 heteroatoms. The third-order valence-electron chi connectivity index (χ3n) is 3.27. The molecule has 3 rings (SSSR count). The highest BCUT2D eigenvalue weighted by molar-refractivity contribution is 9.10. The molecule has 0 aliphatic heterocycles. The number of carbonyl (C=O) groups excluding carboxylic acids is 1. The van der Waals surface area contributed by atoms with E-state index in [4.69, 9.17) is 16.3 Å². The average Bonchev–Trinajstić information content (AvgIpc) is 3.01. The van der Waals surface area contributed by atoms with E-state index in [9.17, 15) is 4.79 Å². The summed E-state index contributed by atoms with van der Waals surface area (Å²) in [5, 5.41) is 9.90. The van der Waals surface area contributed by atoms with Crippen molar-refractivity contribution in [3.63, 3.8) is 0 Å². The maximum atomic E-state index is 12.5. The minimum atomic E-state index is -0.618. The number of halogens is 2. The number of ether oxygens (including phenoxy) is 1. The molecule has 0 N–H and O–H groups in total. The fraction of sp³-hybridized carbons (Fsp3) is 0.312. The Morgan fingerprint density at radius 1 is 1.33 bits per heavy atom. The van der Waals surface area contributed by atoms with E-state index in [0.29, 0.717) is 20.7 Å². The fourth-order valence-corrected chi connectivity index (χ4v) is 2.81. The zero-order valence-electron chi connectivity index (χ0n) is 13.7. The molecule has 0 unspecified atom stereocenters. The second kappa shape index (κ2) is 5.89. The number of rotatable bonds is 1. The maximum Gasteiger partial charge on any atom is 0.435 e. The van der Waals surface area contributed by atoms with Crippen LogP contribution in [0.25, 0.3) is 22.2 Å². The molecule has 126 valence electrons. The summed E-state index contributed by atoms with van der Waals surface area (Å²) in [5.74, 6) is 0. The van der Waals surface area contributed by atoms with Crippen LogP contribution in [0, 0.1) is 0 Å². The van der Waals surface area contributed by atoms with Crippen molar-refractivity contribution < 1.29 is 9.53 Å². The molecule has 6 nitrogen and oxygen atoms in total. The number of hydrogen-bond donors (Lipinski definition) is 0. The first-order valence-corrected chi connectivity index (χ1v) is 8.43. The molecule has 1 aromatic carbocycles. The Hall–Kier alpha value is -1.86. The summed E-state index contributed by atoms with van der Waals surface area (Å²) in [5.41, 5.74) is 1.41. The zero-order chi connectivity index (χ0) is 17.6. The predicted molar refractivity (Wildman–Crippen MR) is 96.3 cm³/mol. The monoisotopic (exact) mass is 410 g/mol. The number of nitrogens with zero attached hydrogens (tertiary/aromatic N) is 4. The van der Waals surface area contributed by atoms with Crippen molar-refractivity contribution in [2.75, 3.05) is 0 Å². The van der Waals surface area contributed by atoms with Crippen LogP contribution in [-0.4, -0.2) is 31.3 Å². The van der Waals surface area contributed by atoms with E-state index in [2.05, 4.69) is 26.1 Å². The first kappa shape index (κ1) is 17.0. The van der Waals surface area contributed by atoms with Gasteiger partial charge in [0.15, 0.2) is 0 Å². The highest BCUT2D eigenvalue weighted by Crippen LogP contribution is 2.34. The predicted octanol–water partition coefficient (Wildman–Crippen LogP) is 4.64. The highest BCUT2D eigenvalue weighted by Gasteiger charge is 2.23. The van der Waals surface area contributed by atoms with Crippen LogP contribution >= 0.6 is 27.5 Å². The second-order valence-electron chi connectivity index (χ2n) is 6.43. The molecule has 0 bridgehead atoms. The molecule has 0 aliphatic carbocycles. The lowest BCUT2D eigenvalue weighted by Crippen LogP contribution is -2.27. The molecular formula is C16H16BrClN4O2. The zero-order valence-corrected chi connectivity index (χ0v) is 16.0. The van der Waals surface area contributed by atoms with Crippen molar-refractivity contribution in [1.29, 1.82) is 0 Å². The number of benzene rings is 1. The van der Waals surface area contributed by atoms with Gasteiger partial charge in [-0.25, -0.2) is 4.79 Å². The van der Waals surface area contributed by atoms with Gasteiger partial charge in [0.2, 0.25) is 0 Å². The summed E-state index contributed by atoms with van der Waals surface area (Å²) in [6.45, 7) is 5.43. The van der Waals surface area contributed by atoms with Crippen molar-refractivity contribution in [3.8, 4) is 11.3 Å². The first-order valence-electron chi connectivity index (χ1n) is 7.26. The van der Waals surface area contributed by atoms with Crippen molar-refractivity contribution >= 4 is 44.5 Å². The van der Waals surface area contributed by atoms with Gasteiger partial charge in [-0.2, -0.15) is 14.9 Å². The van der Waals surface area contributed by atoms with Gasteiger partial charge in [0.1, 0.15) is 11.3 Å². The third kappa shape index (κ3) is 3.18. The molecule has 2 aromatic heterocycles. The lowest BCUT2D eigenvalue weighted by Gasteiger charge is -2.19. The maximum absolute atomic E-state index is 12.5. The van der Waals surface area contributed by atoms with E-state index >= 15 is 0 Å². The Labute approximate surface area is 152 Å². The Morgan fingerprint density at radius 3 is 2.62 bits per heavy atom. The molecule has 0 atom stereocenters. The van der Waals surface area contributed by atoms with Gasteiger partial charge >= 0.3 is 6.09 Å². The Bertz CT molecular complexity index is 940. The molecular weight excluding hydrogens is 396 g/mol. The van der Waals surface area contributed by atoms with Crippen LogP contribution < -0.4 is 0 Å². The molecule has 0 aliphatic rings. The van der Waals surface area contributed by atoms with Crippen molar-refractivity contribution in [2.45, 2.75) is 26.4 Å². The minimum Gasteiger partial charge on any atom is -0.442 e. The summed E-state index contributed by atoms with van der Waals surface area (Å²) >= 11 is 9.62. The SMILES string of the molecule is Cn1cc(-c2nn(C(=O)OC(C)(C)C)c3cc(Br)c(Cl)cc23)cn1. The molecule has 0 radical (unpaired) electrons. The van der Waals surface area contributed by atoms with Gasteiger partial charge in [-0.05, 0) is 48.8 Å². The van der Waals surface area contributed by atoms with Gasteiger partial charge in [0.25, 0.3) is 0 Å². The molecule has 3 aromatic rings. The Kier molecular flexibility index (Phi) is 4.17. The number of aromatic nitrogens is 4. The quantitative estimate of drug-likeness (QED) is 0.585. The van der Waals surface area contributed by atoms with Gasteiger partial charge in [-0.3, -0.25) is 4.68 Å². The summed E-state index contributed by atoms with van der Waals surface area (Å²) in [7, 11) is 1.82. The molecule has 0 fully saturated rings. The van der Waals surface area contributed by atoms with Crippen LogP contribution in [0.15, 0.2) is 29.0 Å². The van der Waals surface area contributed by atoms with Crippen LogP contribution in [0.1, 0.15) is 20.8 Å². The Balaban J connectivity index is 2.23. The van der Waals surface area contributed by atoms with Crippen molar-refractivity contribution in [3.05, 3.63) is 34.0 Å². The van der Waals surface area contributed by atoms with Gasteiger partial charge < -0.3 is 4.74 Å². The highest BCUT2D eigenvalue weighted by atomic mass is 79.9. The van der Waals surface area contributed by atoms with Gasteiger partial charge in [0.05, 0.1) is 16.7 Å². The van der Waals surface area contributed by atoms with Crippen molar-refractivity contribution in [1.82, 2.24) is 19.6 Å². The van der Waals surface area contributed by atoms with E-state index < -0.39 is 11.7 Å². The number of fused-ring (bicyclic) bond motifs is 1. The van der Waals surface area contributed by atoms with E-state index in [-0.39, 0.29) is 0 Å². The molecule has 2 heterocycles. The third-order valence-corrected chi connectivity index (χ3v) is 4.46. The average molecular weight is 412 g/mol.